The molecule has 0 unspecified atom stereocenters. The van der Waals surface area contributed by atoms with E-state index >= 15 is 0 Å². The smallest absolute Gasteiger partial charge is 0.243 e. The van der Waals surface area contributed by atoms with Gasteiger partial charge in [0, 0.05) is 11.0 Å². The predicted octanol–water partition coefficient (Wildman–Crippen LogP) is 4.83. The summed E-state index contributed by atoms with van der Waals surface area (Å²) in [4.78, 5) is 13.0. The maximum atomic E-state index is 13.5. The summed E-state index contributed by atoms with van der Waals surface area (Å²) < 4.78 is 34.4. The predicted molar refractivity (Wildman–Crippen MR) is 132 cm³/mol. The highest BCUT2D eigenvalue weighted by Crippen LogP contribution is 2.25. The molecule has 3 rings (SSSR count). The number of nitrogens with zero attached hydrogens (tertiary/aromatic N) is 1. The molecule has 0 heterocycles. The van der Waals surface area contributed by atoms with Crippen LogP contribution in [0.25, 0.3) is 0 Å². The number of methoxy groups -OCH3 is 1. The lowest BCUT2D eigenvalue weighted by Crippen LogP contribution is -2.41. The number of amides is 1. The molecule has 3 aromatic carbocycles. The van der Waals surface area contributed by atoms with Crippen LogP contribution in [0.5, 0.6) is 5.75 Å². The zero-order valence-electron chi connectivity index (χ0n) is 18.8. The van der Waals surface area contributed by atoms with Crippen molar-refractivity contribution in [3.8, 4) is 5.75 Å². The van der Waals surface area contributed by atoms with Crippen LogP contribution in [0.15, 0.2) is 82.2 Å². The lowest BCUT2D eigenvalue weighted by molar-refractivity contribution is -0.122. The molecule has 1 N–H and O–H groups in total. The van der Waals surface area contributed by atoms with Gasteiger partial charge in [-0.2, -0.15) is 4.31 Å². The molecule has 0 saturated carbocycles. The molecule has 3 aromatic rings. The summed E-state index contributed by atoms with van der Waals surface area (Å²) in [6.07, 6.45) is 0. The Balaban J connectivity index is 1.86. The lowest BCUT2D eigenvalue weighted by Gasteiger charge is -2.24. The van der Waals surface area contributed by atoms with Crippen LogP contribution in [0.1, 0.15) is 29.7 Å². The Morgan fingerprint density at radius 2 is 1.79 bits per heavy atom. The fourth-order valence-corrected chi connectivity index (χ4v) is 5.37. The molecular formula is C25H27BrN2O4S. The van der Waals surface area contributed by atoms with Gasteiger partial charge >= 0.3 is 0 Å². The Bertz CT molecular complexity index is 1220. The van der Waals surface area contributed by atoms with Crippen LogP contribution in [-0.2, 0) is 21.4 Å². The Kier molecular flexibility index (Phi) is 8.29. The molecule has 0 bridgehead atoms. The lowest BCUT2D eigenvalue weighted by atomic mass is 10.1. The summed E-state index contributed by atoms with van der Waals surface area (Å²) in [7, 11) is -2.40. The minimum Gasteiger partial charge on any atom is -0.496 e. The third kappa shape index (κ3) is 6.43. The Morgan fingerprint density at radius 3 is 2.42 bits per heavy atom. The minimum atomic E-state index is -3.94. The van der Waals surface area contributed by atoms with Crippen molar-refractivity contribution in [2.45, 2.75) is 31.3 Å². The number of rotatable bonds is 9. The van der Waals surface area contributed by atoms with E-state index in [2.05, 4.69) is 21.2 Å². The molecule has 8 heteroatoms. The van der Waals surface area contributed by atoms with Gasteiger partial charge < -0.3 is 10.1 Å². The average molecular weight is 531 g/mol. The number of ether oxygens (including phenoxy) is 1. The first-order valence-electron chi connectivity index (χ1n) is 10.4. The number of carbonyl (C=O) groups excluding carboxylic acids is 1. The van der Waals surface area contributed by atoms with E-state index in [1.807, 2.05) is 61.5 Å². The number of nitrogens with one attached hydrogen (secondary N) is 1. The number of benzene rings is 3. The quantitative estimate of drug-likeness (QED) is 0.429. The van der Waals surface area contributed by atoms with Crippen molar-refractivity contribution in [1.82, 2.24) is 9.62 Å². The van der Waals surface area contributed by atoms with Gasteiger partial charge in [-0.05, 0) is 60.9 Å². The van der Waals surface area contributed by atoms with Crippen LogP contribution >= 0.6 is 15.9 Å². The van der Waals surface area contributed by atoms with E-state index < -0.39 is 10.0 Å². The van der Waals surface area contributed by atoms with Crippen LogP contribution in [0.4, 0.5) is 0 Å². The number of halogens is 1. The number of carbonyl (C=O) groups is 1. The highest BCUT2D eigenvalue weighted by atomic mass is 79.9. The Hall–Kier alpha value is -2.68. The molecule has 0 fully saturated rings. The first-order valence-corrected chi connectivity index (χ1v) is 12.7. The molecule has 174 valence electrons. The van der Waals surface area contributed by atoms with Gasteiger partial charge in [-0.25, -0.2) is 8.42 Å². The maximum absolute atomic E-state index is 13.5. The van der Waals surface area contributed by atoms with Crippen molar-refractivity contribution >= 4 is 31.9 Å². The van der Waals surface area contributed by atoms with E-state index in [0.29, 0.717) is 11.3 Å². The average Bonchev–Trinajstić information content (AvgIpc) is 2.79. The van der Waals surface area contributed by atoms with Gasteiger partial charge in [0.25, 0.3) is 0 Å². The standard InChI is InChI=1S/C25H27BrN2O4S/c1-18-14-23(12-13-24(18)32-3)33(30,31)28(16-20-8-5-4-6-9-20)17-25(29)27-19(2)21-10-7-11-22(26)15-21/h4-15,19H,16-17H2,1-3H3,(H,27,29)/t19-/m1/s1. The van der Waals surface area contributed by atoms with E-state index in [4.69, 9.17) is 4.74 Å². The molecule has 0 aliphatic heterocycles. The highest BCUT2D eigenvalue weighted by molar-refractivity contribution is 9.10. The second-order valence-corrected chi connectivity index (χ2v) is 10.6. The Morgan fingerprint density at radius 1 is 1.06 bits per heavy atom. The summed E-state index contributed by atoms with van der Waals surface area (Å²) in [5.74, 6) is 0.219. The topological polar surface area (TPSA) is 75.7 Å². The van der Waals surface area contributed by atoms with Crippen molar-refractivity contribution in [2.24, 2.45) is 0 Å². The zero-order chi connectivity index (χ0) is 24.0. The first kappa shape index (κ1) is 25.0. The van der Waals surface area contributed by atoms with E-state index in [1.54, 1.807) is 19.1 Å². The van der Waals surface area contributed by atoms with Gasteiger partial charge in [0.05, 0.1) is 24.6 Å². The second kappa shape index (κ2) is 11.0. The van der Waals surface area contributed by atoms with E-state index in [0.717, 1.165) is 15.6 Å². The summed E-state index contributed by atoms with van der Waals surface area (Å²) in [5.41, 5.74) is 2.41. The molecule has 0 aromatic heterocycles. The van der Waals surface area contributed by atoms with Crippen molar-refractivity contribution < 1.29 is 17.9 Å². The molecule has 0 radical (unpaired) electrons. The van der Waals surface area contributed by atoms with Crippen LogP contribution in [-0.4, -0.2) is 32.3 Å². The molecule has 0 saturated heterocycles. The van der Waals surface area contributed by atoms with Gasteiger partial charge in [-0.15, -0.1) is 0 Å². The van der Waals surface area contributed by atoms with Gasteiger partial charge in [0.15, 0.2) is 0 Å². The normalized spacial score (nSPS) is 12.4. The molecule has 33 heavy (non-hydrogen) atoms. The second-order valence-electron chi connectivity index (χ2n) is 7.73. The molecular weight excluding hydrogens is 504 g/mol. The van der Waals surface area contributed by atoms with Crippen molar-refractivity contribution in [3.05, 3.63) is 94.0 Å². The largest absolute Gasteiger partial charge is 0.496 e. The fraction of sp³-hybridized carbons (Fsp3) is 0.240. The molecule has 1 atom stereocenters. The number of hydrogen-bond acceptors (Lipinski definition) is 4. The zero-order valence-corrected chi connectivity index (χ0v) is 21.2. The van der Waals surface area contributed by atoms with Gasteiger partial charge in [0.1, 0.15) is 5.75 Å². The summed E-state index contributed by atoms with van der Waals surface area (Å²) in [5, 5.41) is 2.91. The number of sulfonamides is 1. The van der Waals surface area contributed by atoms with Crippen LogP contribution in [0.2, 0.25) is 0 Å². The van der Waals surface area contributed by atoms with Gasteiger partial charge in [-0.3, -0.25) is 4.79 Å². The minimum absolute atomic E-state index is 0.0763. The first-order chi connectivity index (χ1) is 15.7. The fourth-order valence-electron chi connectivity index (χ4n) is 3.48. The number of hydrogen-bond donors (Lipinski definition) is 1. The Labute approximate surface area is 203 Å². The summed E-state index contributed by atoms with van der Waals surface area (Å²) in [6.45, 7) is 3.42. The summed E-state index contributed by atoms with van der Waals surface area (Å²) in [6, 6.07) is 21.3. The van der Waals surface area contributed by atoms with Gasteiger partial charge in [-0.1, -0.05) is 58.4 Å². The van der Waals surface area contributed by atoms with E-state index in [1.165, 1.54) is 17.5 Å². The molecule has 1 amide bonds. The van der Waals surface area contributed by atoms with Crippen molar-refractivity contribution in [2.75, 3.05) is 13.7 Å². The van der Waals surface area contributed by atoms with Crippen LogP contribution < -0.4 is 10.1 Å². The van der Waals surface area contributed by atoms with E-state index in [9.17, 15) is 13.2 Å². The molecule has 0 spiro atoms. The third-order valence-corrected chi connectivity index (χ3v) is 7.53. The highest BCUT2D eigenvalue weighted by Gasteiger charge is 2.28. The van der Waals surface area contributed by atoms with Crippen molar-refractivity contribution in [3.63, 3.8) is 0 Å². The summed E-state index contributed by atoms with van der Waals surface area (Å²) >= 11 is 3.43. The monoisotopic (exact) mass is 530 g/mol. The van der Waals surface area contributed by atoms with E-state index in [-0.39, 0.29) is 29.9 Å². The SMILES string of the molecule is COc1ccc(S(=O)(=O)N(CC(=O)N[C@H](C)c2cccc(Br)c2)Cc2ccccc2)cc1C. The van der Waals surface area contributed by atoms with Crippen LogP contribution in [0.3, 0.4) is 0 Å². The van der Waals surface area contributed by atoms with Crippen molar-refractivity contribution in [1.29, 1.82) is 0 Å². The number of aryl methyl sites for hydroxylation is 1. The maximum Gasteiger partial charge on any atom is 0.243 e. The molecule has 0 aliphatic rings. The third-order valence-electron chi connectivity index (χ3n) is 5.25. The van der Waals surface area contributed by atoms with Crippen LogP contribution in [0, 0.1) is 6.92 Å². The molecule has 0 aliphatic carbocycles. The molecule has 6 nitrogen and oxygen atoms in total. The van der Waals surface area contributed by atoms with Gasteiger partial charge in [0.2, 0.25) is 15.9 Å².